The minimum absolute atomic E-state index is 0.0507. The SMILES string of the molecule is O=C(CN1CC(C(=O)N2CCCCC2)Oc2ccccc21)NC(=O)NCc1ccccc1. The van der Waals surface area contributed by atoms with Gasteiger partial charge in [-0.1, -0.05) is 42.5 Å². The summed E-state index contributed by atoms with van der Waals surface area (Å²) in [6.45, 7) is 2.01. The molecule has 168 valence electrons. The summed E-state index contributed by atoms with van der Waals surface area (Å²) in [5.74, 6) is 0.0668. The van der Waals surface area contributed by atoms with E-state index in [1.54, 1.807) is 11.0 Å². The van der Waals surface area contributed by atoms with Crippen LogP contribution in [0.3, 0.4) is 0 Å². The summed E-state index contributed by atoms with van der Waals surface area (Å²) in [6.07, 6.45) is 2.46. The third-order valence-corrected chi connectivity index (χ3v) is 5.69. The molecule has 2 N–H and O–H groups in total. The van der Waals surface area contributed by atoms with Crippen molar-refractivity contribution in [3.8, 4) is 5.75 Å². The maximum atomic E-state index is 13.0. The smallest absolute Gasteiger partial charge is 0.321 e. The Morgan fingerprint density at radius 2 is 1.66 bits per heavy atom. The lowest BCUT2D eigenvalue weighted by Crippen LogP contribution is -2.53. The van der Waals surface area contributed by atoms with E-state index in [0.29, 0.717) is 12.3 Å². The number of piperidine rings is 1. The van der Waals surface area contributed by atoms with Crippen LogP contribution in [-0.4, -0.2) is 55.0 Å². The minimum atomic E-state index is -0.678. The number of urea groups is 1. The van der Waals surface area contributed by atoms with Crippen LogP contribution >= 0.6 is 0 Å². The van der Waals surface area contributed by atoms with Crippen molar-refractivity contribution in [1.82, 2.24) is 15.5 Å². The second-order valence-electron chi connectivity index (χ2n) is 8.06. The summed E-state index contributed by atoms with van der Waals surface area (Å²) < 4.78 is 5.98. The third-order valence-electron chi connectivity index (χ3n) is 5.69. The van der Waals surface area contributed by atoms with Crippen LogP contribution in [0.2, 0.25) is 0 Å². The van der Waals surface area contributed by atoms with Crippen molar-refractivity contribution in [2.24, 2.45) is 0 Å². The van der Waals surface area contributed by atoms with Crippen molar-refractivity contribution in [1.29, 1.82) is 0 Å². The molecule has 32 heavy (non-hydrogen) atoms. The Morgan fingerprint density at radius 1 is 0.938 bits per heavy atom. The summed E-state index contributed by atoms with van der Waals surface area (Å²) in [5.41, 5.74) is 1.67. The number of nitrogens with one attached hydrogen (secondary N) is 2. The first-order chi connectivity index (χ1) is 15.6. The highest BCUT2D eigenvalue weighted by molar-refractivity contribution is 5.97. The van der Waals surface area contributed by atoms with Gasteiger partial charge in [0.1, 0.15) is 5.75 Å². The van der Waals surface area contributed by atoms with E-state index in [1.165, 1.54) is 0 Å². The number of hydrogen-bond donors (Lipinski definition) is 2. The number of nitrogens with zero attached hydrogens (tertiary/aromatic N) is 2. The van der Waals surface area contributed by atoms with E-state index in [-0.39, 0.29) is 19.0 Å². The molecular weight excluding hydrogens is 408 g/mol. The average Bonchev–Trinajstić information content (AvgIpc) is 2.83. The van der Waals surface area contributed by atoms with Gasteiger partial charge in [0, 0.05) is 19.6 Å². The number of hydrogen-bond acceptors (Lipinski definition) is 5. The minimum Gasteiger partial charge on any atom is -0.477 e. The van der Waals surface area contributed by atoms with Crippen LogP contribution in [0, 0.1) is 0 Å². The second-order valence-corrected chi connectivity index (χ2v) is 8.06. The van der Waals surface area contributed by atoms with Gasteiger partial charge >= 0.3 is 6.03 Å². The predicted octanol–water partition coefficient (Wildman–Crippen LogP) is 2.29. The Bertz CT molecular complexity index is 959. The number of ether oxygens (including phenoxy) is 1. The standard InChI is InChI=1S/C24H28N4O4/c29-22(26-24(31)25-15-18-9-3-1-4-10-18)17-28-16-21(23(30)27-13-7-2-8-14-27)32-20-12-6-5-11-19(20)28/h1,3-6,9-12,21H,2,7-8,13-17H2,(H2,25,26,29,31). The number of anilines is 1. The predicted molar refractivity (Wildman–Crippen MR) is 120 cm³/mol. The van der Waals surface area contributed by atoms with E-state index in [0.717, 1.165) is 43.6 Å². The van der Waals surface area contributed by atoms with Crippen molar-refractivity contribution in [3.05, 3.63) is 60.2 Å². The van der Waals surface area contributed by atoms with Gasteiger partial charge in [0.2, 0.25) is 5.91 Å². The highest BCUT2D eigenvalue weighted by atomic mass is 16.5. The first-order valence-corrected chi connectivity index (χ1v) is 11.0. The number of rotatable bonds is 5. The van der Waals surface area contributed by atoms with Crippen LogP contribution in [0.25, 0.3) is 0 Å². The lowest BCUT2D eigenvalue weighted by atomic mass is 10.1. The third kappa shape index (κ3) is 5.38. The lowest BCUT2D eigenvalue weighted by Gasteiger charge is -2.38. The molecule has 0 aliphatic carbocycles. The van der Waals surface area contributed by atoms with Gasteiger partial charge in [-0.3, -0.25) is 14.9 Å². The molecule has 4 rings (SSSR count). The van der Waals surface area contributed by atoms with Crippen LogP contribution < -0.4 is 20.3 Å². The molecule has 2 heterocycles. The molecule has 1 saturated heterocycles. The van der Waals surface area contributed by atoms with E-state index >= 15 is 0 Å². The number of carbonyl (C=O) groups is 3. The maximum Gasteiger partial charge on any atom is 0.321 e. The zero-order valence-electron chi connectivity index (χ0n) is 18.0. The largest absolute Gasteiger partial charge is 0.477 e. The second kappa shape index (κ2) is 10.2. The van der Waals surface area contributed by atoms with E-state index in [4.69, 9.17) is 4.74 Å². The van der Waals surface area contributed by atoms with Crippen LogP contribution in [-0.2, 0) is 16.1 Å². The van der Waals surface area contributed by atoms with Gasteiger partial charge in [0.15, 0.2) is 6.10 Å². The van der Waals surface area contributed by atoms with Crippen molar-refractivity contribution in [2.45, 2.75) is 31.9 Å². The molecule has 0 saturated carbocycles. The maximum absolute atomic E-state index is 13.0. The van der Waals surface area contributed by atoms with E-state index < -0.39 is 18.0 Å². The quantitative estimate of drug-likeness (QED) is 0.751. The van der Waals surface area contributed by atoms with Crippen molar-refractivity contribution in [2.75, 3.05) is 31.1 Å². The number of carbonyl (C=O) groups excluding carboxylic acids is 3. The van der Waals surface area contributed by atoms with Gasteiger partial charge < -0.3 is 19.9 Å². The molecule has 1 atom stereocenters. The normalized spacial score (nSPS) is 17.7. The van der Waals surface area contributed by atoms with Gasteiger partial charge in [-0.05, 0) is 37.0 Å². The molecule has 2 aromatic carbocycles. The molecule has 1 unspecified atom stereocenters. The zero-order chi connectivity index (χ0) is 22.3. The highest BCUT2D eigenvalue weighted by Gasteiger charge is 2.34. The number of amides is 4. The fourth-order valence-corrected chi connectivity index (χ4v) is 4.07. The van der Waals surface area contributed by atoms with Gasteiger partial charge in [-0.15, -0.1) is 0 Å². The number of para-hydroxylation sites is 2. The van der Waals surface area contributed by atoms with Gasteiger partial charge in [0.25, 0.3) is 5.91 Å². The van der Waals surface area contributed by atoms with Gasteiger partial charge in [-0.2, -0.15) is 0 Å². The van der Waals surface area contributed by atoms with E-state index in [9.17, 15) is 14.4 Å². The molecule has 0 radical (unpaired) electrons. The monoisotopic (exact) mass is 436 g/mol. The Labute approximate surface area is 187 Å². The molecule has 2 aliphatic rings. The summed E-state index contributed by atoms with van der Waals surface area (Å²) in [5, 5.41) is 5.05. The summed E-state index contributed by atoms with van der Waals surface area (Å²) in [6, 6.07) is 16.2. The first kappa shape index (κ1) is 21.7. The van der Waals surface area contributed by atoms with Crippen LogP contribution in [0.4, 0.5) is 10.5 Å². The highest BCUT2D eigenvalue weighted by Crippen LogP contribution is 2.33. The molecule has 4 amide bonds. The lowest BCUT2D eigenvalue weighted by molar-refractivity contribution is -0.139. The van der Waals surface area contributed by atoms with E-state index in [1.807, 2.05) is 53.4 Å². The molecule has 2 aliphatic heterocycles. The van der Waals surface area contributed by atoms with Crippen LogP contribution in [0.1, 0.15) is 24.8 Å². The van der Waals surface area contributed by atoms with Crippen molar-refractivity contribution < 1.29 is 19.1 Å². The fraction of sp³-hybridized carbons (Fsp3) is 0.375. The number of fused-ring (bicyclic) bond motifs is 1. The number of imide groups is 1. The van der Waals surface area contributed by atoms with Crippen LogP contribution in [0.5, 0.6) is 5.75 Å². The van der Waals surface area contributed by atoms with Gasteiger partial charge in [0.05, 0.1) is 18.8 Å². The zero-order valence-corrected chi connectivity index (χ0v) is 18.0. The molecule has 2 aromatic rings. The molecule has 0 spiro atoms. The molecule has 8 heteroatoms. The molecular formula is C24H28N4O4. The first-order valence-electron chi connectivity index (χ1n) is 11.0. The Morgan fingerprint density at radius 3 is 2.44 bits per heavy atom. The van der Waals surface area contributed by atoms with Gasteiger partial charge in [-0.25, -0.2) is 4.79 Å². The average molecular weight is 437 g/mol. The Kier molecular flexibility index (Phi) is 6.89. The van der Waals surface area contributed by atoms with Crippen LogP contribution in [0.15, 0.2) is 54.6 Å². The van der Waals surface area contributed by atoms with Crippen molar-refractivity contribution in [3.63, 3.8) is 0 Å². The van der Waals surface area contributed by atoms with Crippen molar-refractivity contribution >= 4 is 23.5 Å². The molecule has 0 bridgehead atoms. The summed E-state index contributed by atoms with van der Waals surface area (Å²) >= 11 is 0. The summed E-state index contributed by atoms with van der Waals surface area (Å²) in [7, 11) is 0. The van der Waals surface area contributed by atoms with E-state index in [2.05, 4.69) is 10.6 Å². The summed E-state index contributed by atoms with van der Waals surface area (Å²) in [4.78, 5) is 41.4. The topological polar surface area (TPSA) is 91.0 Å². The molecule has 0 aromatic heterocycles. The Balaban J connectivity index is 1.37. The molecule has 8 nitrogen and oxygen atoms in total. The number of likely N-dealkylation sites (tertiary alicyclic amines) is 1. The number of benzene rings is 2. The Hall–Kier alpha value is -3.55. The fourth-order valence-electron chi connectivity index (χ4n) is 4.07. The molecule has 1 fully saturated rings.